The van der Waals surface area contributed by atoms with Gasteiger partial charge in [-0.1, -0.05) is 6.07 Å². The molecule has 2 N–H and O–H groups in total. The van der Waals surface area contributed by atoms with Gasteiger partial charge in [-0.25, -0.2) is 4.98 Å². The van der Waals surface area contributed by atoms with Crippen molar-refractivity contribution >= 4 is 5.91 Å². The third-order valence-corrected chi connectivity index (χ3v) is 4.66. The van der Waals surface area contributed by atoms with Crippen LogP contribution in [0.1, 0.15) is 36.4 Å². The van der Waals surface area contributed by atoms with Crippen molar-refractivity contribution in [2.45, 2.75) is 37.8 Å². The van der Waals surface area contributed by atoms with Crippen LogP contribution in [-0.2, 0) is 18.3 Å². The monoisotopic (exact) mass is 344 g/mol. The largest absolute Gasteiger partial charge is 0.481 e. The quantitative estimate of drug-likeness (QED) is 0.792. The molecule has 1 aliphatic carbocycles. The number of rotatable bonds is 7. The molecule has 25 heavy (non-hydrogen) atoms. The fourth-order valence-electron chi connectivity index (χ4n) is 3.18. The zero-order valence-electron chi connectivity index (χ0n) is 14.6. The van der Waals surface area contributed by atoms with Crippen LogP contribution in [0, 0.1) is 5.92 Å². The maximum absolute atomic E-state index is 12.4. The van der Waals surface area contributed by atoms with E-state index in [0.29, 0.717) is 31.6 Å². The number of aryl methyl sites for hydroxylation is 2. The Balaban J connectivity index is 1.63. The number of amides is 1. The zero-order chi connectivity index (χ0) is 17.8. The van der Waals surface area contributed by atoms with E-state index < -0.39 is 0 Å². The van der Waals surface area contributed by atoms with Gasteiger partial charge >= 0.3 is 0 Å². The van der Waals surface area contributed by atoms with Gasteiger partial charge in [0.15, 0.2) is 0 Å². The molecule has 2 aromatic heterocycles. The maximum atomic E-state index is 12.4. The summed E-state index contributed by atoms with van der Waals surface area (Å²) in [5, 5.41) is 16.9. The highest BCUT2D eigenvalue weighted by Gasteiger charge is 2.35. The van der Waals surface area contributed by atoms with Gasteiger partial charge in [-0.2, -0.15) is 5.10 Å². The van der Waals surface area contributed by atoms with Crippen molar-refractivity contribution in [2.24, 2.45) is 13.0 Å². The fourth-order valence-corrected chi connectivity index (χ4v) is 3.18. The van der Waals surface area contributed by atoms with Crippen molar-refractivity contribution in [2.75, 3.05) is 7.11 Å². The number of carbonyl (C=O) groups excluding carboxylic acids is 1. The van der Waals surface area contributed by atoms with Crippen LogP contribution in [0.5, 0.6) is 5.88 Å². The molecule has 134 valence electrons. The highest BCUT2D eigenvalue weighted by Crippen LogP contribution is 2.38. The summed E-state index contributed by atoms with van der Waals surface area (Å²) in [6.07, 6.45) is 7.60. The lowest BCUT2D eigenvalue weighted by Crippen LogP contribution is -2.41. The first-order valence-corrected chi connectivity index (χ1v) is 8.50. The normalized spacial score (nSPS) is 20.6. The highest BCUT2D eigenvalue weighted by atomic mass is 16.5. The van der Waals surface area contributed by atoms with E-state index in [4.69, 9.17) is 4.74 Å². The van der Waals surface area contributed by atoms with Crippen LogP contribution >= 0.6 is 0 Å². The van der Waals surface area contributed by atoms with Gasteiger partial charge in [-0.3, -0.25) is 9.48 Å². The summed E-state index contributed by atoms with van der Waals surface area (Å²) in [5.74, 6) is 0.762. The summed E-state index contributed by atoms with van der Waals surface area (Å²) in [7, 11) is 3.43. The lowest BCUT2D eigenvalue weighted by molar-refractivity contribution is -0.123. The lowest BCUT2D eigenvalue weighted by Gasteiger charge is -2.38. The molecule has 2 heterocycles. The Morgan fingerprint density at radius 2 is 2.24 bits per heavy atom. The van der Waals surface area contributed by atoms with Crippen LogP contribution in [0.25, 0.3) is 0 Å². The van der Waals surface area contributed by atoms with Crippen LogP contribution in [0.2, 0.25) is 0 Å². The molecule has 0 radical (unpaired) electrons. The number of hydrogen-bond acceptors (Lipinski definition) is 5. The Bertz CT molecular complexity index is 707. The summed E-state index contributed by atoms with van der Waals surface area (Å²) in [6, 6.07) is 3.57. The zero-order valence-corrected chi connectivity index (χ0v) is 14.6. The number of aliphatic hydroxyl groups is 1. The minimum absolute atomic E-state index is 0.00828. The summed E-state index contributed by atoms with van der Waals surface area (Å²) in [5.41, 5.74) is 1.98. The van der Waals surface area contributed by atoms with E-state index in [9.17, 15) is 9.90 Å². The first-order valence-electron chi connectivity index (χ1n) is 8.50. The Kier molecular flexibility index (Phi) is 5.33. The molecule has 7 heteroatoms. The molecule has 1 saturated carbocycles. The number of nitrogens with one attached hydrogen (secondary N) is 1. The van der Waals surface area contributed by atoms with Crippen LogP contribution in [0.15, 0.2) is 30.7 Å². The second-order valence-corrected chi connectivity index (χ2v) is 6.59. The number of pyridine rings is 1. The topological polar surface area (TPSA) is 89.3 Å². The maximum Gasteiger partial charge on any atom is 0.220 e. The minimum Gasteiger partial charge on any atom is -0.481 e. The molecular weight excluding hydrogens is 320 g/mol. The molecule has 3 rings (SSSR count). The van der Waals surface area contributed by atoms with Gasteiger partial charge < -0.3 is 15.2 Å². The third kappa shape index (κ3) is 4.36. The Morgan fingerprint density at radius 1 is 1.44 bits per heavy atom. The van der Waals surface area contributed by atoms with Crippen molar-refractivity contribution < 1.29 is 14.6 Å². The number of aromatic nitrogens is 3. The van der Waals surface area contributed by atoms with Gasteiger partial charge in [0.2, 0.25) is 11.8 Å². The molecule has 1 unspecified atom stereocenters. The highest BCUT2D eigenvalue weighted by molar-refractivity contribution is 5.76. The molecule has 1 atom stereocenters. The van der Waals surface area contributed by atoms with Gasteiger partial charge in [0.1, 0.15) is 0 Å². The van der Waals surface area contributed by atoms with Crippen molar-refractivity contribution in [1.29, 1.82) is 0 Å². The summed E-state index contributed by atoms with van der Waals surface area (Å²) in [6.45, 7) is 0. The molecule has 7 nitrogen and oxygen atoms in total. The van der Waals surface area contributed by atoms with Gasteiger partial charge in [0.05, 0.1) is 25.5 Å². The summed E-state index contributed by atoms with van der Waals surface area (Å²) in [4.78, 5) is 16.6. The van der Waals surface area contributed by atoms with E-state index in [1.807, 2.05) is 19.3 Å². The van der Waals surface area contributed by atoms with Crippen molar-refractivity contribution in [3.05, 3.63) is 41.9 Å². The van der Waals surface area contributed by atoms with Crippen LogP contribution in [0.3, 0.4) is 0 Å². The smallest absolute Gasteiger partial charge is 0.220 e. The summed E-state index contributed by atoms with van der Waals surface area (Å²) >= 11 is 0. The second kappa shape index (κ2) is 7.65. The first kappa shape index (κ1) is 17.4. The van der Waals surface area contributed by atoms with Crippen molar-refractivity contribution in [1.82, 2.24) is 20.1 Å². The minimum atomic E-state index is -0.272. The van der Waals surface area contributed by atoms with Crippen molar-refractivity contribution in [3.8, 4) is 5.88 Å². The number of methoxy groups -OCH3 is 1. The average molecular weight is 344 g/mol. The molecule has 0 aliphatic heterocycles. The number of aliphatic hydroxyl groups excluding tert-OH is 1. The predicted molar refractivity (Wildman–Crippen MR) is 91.9 cm³/mol. The Morgan fingerprint density at radius 3 is 2.80 bits per heavy atom. The fraction of sp³-hybridized carbons (Fsp3) is 0.500. The van der Waals surface area contributed by atoms with Crippen LogP contribution < -0.4 is 10.1 Å². The number of nitrogens with zero attached hydrogens (tertiary/aromatic N) is 3. The molecule has 1 amide bonds. The van der Waals surface area contributed by atoms with Crippen molar-refractivity contribution in [3.63, 3.8) is 0 Å². The first-order chi connectivity index (χ1) is 12.0. The van der Waals surface area contributed by atoms with E-state index in [-0.39, 0.29) is 24.0 Å². The standard InChI is InChI=1S/C18H24N4O3/c1-22-11-12(9-20-22)3-5-16(24)21-18(14-7-15(23)8-14)13-4-6-17(25-2)19-10-13/h4,6,9-11,14-15,18,23H,3,5,7-8H2,1-2H3,(H,21,24). The average Bonchev–Trinajstić information content (AvgIpc) is 3.01. The molecule has 2 aromatic rings. The molecular formula is C18H24N4O3. The van der Waals surface area contributed by atoms with Gasteiger partial charge in [0, 0.05) is 31.9 Å². The Labute approximate surface area is 147 Å². The Hall–Kier alpha value is -2.41. The van der Waals surface area contributed by atoms with E-state index in [1.54, 1.807) is 30.3 Å². The molecule has 0 saturated heterocycles. The van der Waals surface area contributed by atoms with E-state index in [1.165, 1.54) is 0 Å². The SMILES string of the molecule is COc1ccc(C(NC(=O)CCc2cnn(C)c2)C2CC(O)C2)cn1. The predicted octanol–water partition coefficient (Wildman–Crippen LogP) is 1.38. The van der Waals surface area contributed by atoms with E-state index in [0.717, 1.165) is 11.1 Å². The molecule has 0 bridgehead atoms. The molecule has 0 aromatic carbocycles. The second-order valence-electron chi connectivity index (χ2n) is 6.59. The lowest BCUT2D eigenvalue weighted by atomic mass is 9.75. The van der Waals surface area contributed by atoms with Gasteiger partial charge in [-0.15, -0.1) is 0 Å². The number of ether oxygens (including phenoxy) is 1. The molecule has 0 spiro atoms. The van der Waals surface area contributed by atoms with Crippen LogP contribution in [-0.4, -0.2) is 39.0 Å². The molecule has 1 aliphatic rings. The number of carbonyl (C=O) groups is 1. The van der Waals surface area contributed by atoms with Gasteiger partial charge in [-0.05, 0) is 36.3 Å². The van der Waals surface area contributed by atoms with Gasteiger partial charge in [0.25, 0.3) is 0 Å². The molecule has 1 fully saturated rings. The van der Waals surface area contributed by atoms with E-state index >= 15 is 0 Å². The van der Waals surface area contributed by atoms with Crippen LogP contribution in [0.4, 0.5) is 0 Å². The third-order valence-electron chi connectivity index (χ3n) is 4.66. The number of hydrogen-bond donors (Lipinski definition) is 2. The summed E-state index contributed by atoms with van der Waals surface area (Å²) < 4.78 is 6.82. The van der Waals surface area contributed by atoms with E-state index in [2.05, 4.69) is 15.4 Å².